The molecule has 1 atom stereocenters. The Morgan fingerprint density at radius 3 is 2.70 bits per heavy atom. The van der Waals surface area contributed by atoms with Crippen molar-refractivity contribution in [3.8, 4) is 11.3 Å². The Balaban J connectivity index is 1.83. The SMILES string of the molecule is C[C@H](NC(=O)c1cn[nH]c1-c1cccc(Cl)c1)c1ccccc1. The van der Waals surface area contributed by atoms with Gasteiger partial charge >= 0.3 is 0 Å². The van der Waals surface area contributed by atoms with Gasteiger partial charge in [-0.3, -0.25) is 9.89 Å². The molecule has 2 N–H and O–H groups in total. The molecule has 1 heterocycles. The Kier molecular flexibility index (Phi) is 4.44. The molecule has 0 aliphatic rings. The highest BCUT2D eigenvalue weighted by molar-refractivity contribution is 6.30. The standard InChI is InChI=1S/C18H16ClN3O/c1-12(13-6-3-2-4-7-13)21-18(23)16-11-20-22-17(16)14-8-5-9-15(19)10-14/h2-12H,1H3,(H,20,22)(H,21,23)/t12-/m0/s1. The molecular formula is C18H16ClN3O. The van der Waals surface area contributed by atoms with Crippen molar-refractivity contribution >= 4 is 17.5 Å². The smallest absolute Gasteiger partial charge is 0.255 e. The summed E-state index contributed by atoms with van der Waals surface area (Å²) < 4.78 is 0. The average Bonchev–Trinajstić information content (AvgIpc) is 3.05. The minimum absolute atomic E-state index is 0.0918. The quantitative estimate of drug-likeness (QED) is 0.754. The fourth-order valence-electron chi connectivity index (χ4n) is 2.42. The van der Waals surface area contributed by atoms with Gasteiger partial charge in [0, 0.05) is 10.6 Å². The Labute approximate surface area is 139 Å². The molecule has 1 amide bonds. The lowest BCUT2D eigenvalue weighted by atomic mass is 10.1. The Bertz CT molecular complexity index is 814. The number of aromatic nitrogens is 2. The number of carbonyl (C=O) groups excluding carboxylic acids is 1. The minimum Gasteiger partial charge on any atom is -0.345 e. The first-order valence-corrected chi connectivity index (χ1v) is 7.68. The van der Waals surface area contributed by atoms with Crippen LogP contribution in [0.5, 0.6) is 0 Å². The monoisotopic (exact) mass is 325 g/mol. The predicted molar refractivity (Wildman–Crippen MR) is 91.4 cm³/mol. The predicted octanol–water partition coefficient (Wildman–Crippen LogP) is 4.22. The van der Waals surface area contributed by atoms with Gasteiger partial charge in [0.2, 0.25) is 0 Å². The number of benzene rings is 2. The first kappa shape index (κ1) is 15.3. The highest BCUT2D eigenvalue weighted by Gasteiger charge is 2.17. The average molecular weight is 326 g/mol. The molecule has 5 heteroatoms. The maximum Gasteiger partial charge on any atom is 0.255 e. The van der Waals surface area contributed by atoms with Gasteiger partial charge in [-0.2, -0.15) is 5.10 Å². The van der Waals surface area contributed by atoms with Gasteiger partial charge < -0.3 is 5.32 Å². The fraction of sp³-hybridized carbons (Fsp3) is 0.111. The summed E-state index contributed by atoms with van der Waals surface area (Å²) in [4.78, 5) is 12.6. The summed E-state index contributed by atoms with van der Waals surface area (Å²) in [6.07, 6.45) is 1.53. The molecule has 0 saturated carbocycles. The lowest BCUT2D eigenvalue weighted by Gasteiger charge is -2.14. The maximum absolute atomic E-state index is 12.6. The van der Waals surface area contributed by atoms with E-state index in [1.165, 1.54) is 6.20 Å². The number of amides is 1. The third-order valence-corrected chi connectivity index (χ3v) is 3.88. The third-order valence-electron chi connectivity index (χ3n) is 3.64. The maximum atomic E-state index is 12.6. The molecule has 1 aromatic heterocycles. The number of hydrogen-bond donors (Lipinski definition) is 2. The first-order chi connectivity index (χ1) is 11.1. The van der Waals surface area contributed by atoms with E-state index in [4.69, 9.17) is 11.6 Å². The van der Waals surface area contributed by atoms with Crippen molar-refractivity contribution in [1.82, 2.24) is 15.5 Å². The first-order valence-electron chi connectivity index (χ1n) is 7.30. The van der Waals surface area contributed by atoms with Gasteiger partial charge in [0.25, 0.3) is 5.91 Å². The van der Waals surface area contributed by atoms with Crippen LogP contribution >= 0.6 is 11.6 Å². The van der Waals surface area contributed by atoms with Gasteiger partial charge in [0.05, 0.1) is 23.5 Å². The van der Waals surface area contributed by atoms with Crippen molar-refractivity contribution in [1.29, 1.82) is 0 Å². The van der Waals surface area contributed by atoms with Gasteiger partial charge in [-0.05, 0) is 24.6 Å². The van der Waals surface area contributed by atoms with E-state index in [2.05, 4.69) is 15.5 Å². The van der Waals surface area contributed by atoms with Crippen molar-refractivity contribution in [3.63, 3.8) is 0 Å². The summed E-state index contributed by atoms with van der Waals surface area (Å²) in [7, 11) is 0. The Morgan fingerprint density at radius 2 is 1.96 bits per heavy atom. The highest BCUT2D eigenvalue weighted by atomic mass is 35.5. The highest BCUT2D eigenvalue weighted by Crippen LogP contribution is 2.24. The van der Waals surface area contributed by atoms with Gasteiger partial charge in [-0.25, -0.2) is 0 Å². The Morgan fingerprint density at radius 1 is 1.17 bits per heavy atom. The summed E-state index contributed by atoms with van der Waals surface area (Å²) in [6.45, 7) is 1.95. The van der Waals surface area contributed by atoms with Crippen LogP contribution in [0.4, 0.5) is 0 Å². The zero-order valence-electron chi connectivity index (χ0n) is 12.6. The number of hydrogen-bond acceptors (Lipinski definition) is 2. The third kappa shape index (κ3) is 3.43. The molecule has 0 saturated heterocycles. The molecule has 0 aliphatic carbocycles. The van der Waals surface area contributed by atoms with E-state index in [1.54, 1.807) is 12.1 Å². The largest absolute Gasteiger partial charge is 0.345 e. The molecule has 0 fully saturated rings. The molecule has 0 aliphatic heterocycles. The van der Waals surface area contributed by atoms with Crippen molar-refractivity contribution in [3.05, 3.63) is 76.9 Å². The molecule has 4 nitrogen and oxygen atoms in total. The number of nitrogens with zero attached hydrogens (tertiary/aromatic N) is 1. The number of nitrogens with one attached hydrogen (secondary N) is 2. The van der Waals surface area contributed by atoms with Gasteiger partial charge in [-0.1, -0.05) is 54.1 Å². The molecule has 23 heavy (non-hydrogen) atoms. The summed E-state index contributed by atoms with van der Waals surface area (Å²) in [6, 6.07) is 17.0. The second-order valence-corrected chi connectivity index (χ2v) is 5.71. The van der Waals surface area contributed by atoms with E-state index in [0.717, 1.165) is 11.1 Å². The van der Waals surface area contributed by atoms with E-state index in [1.807, 2.05) is 49.4 Å². The van der Waals surface area contributed by atoms with Crippen molar-refractivity contribution in [2.75, 3.05) is 0 Å². The van der Waals surface area contributed by atoms with Crippen LogP contribution in [-0.2, 0) is 0 Å². The summed E-state index contributed by atoms with van der Waals surface area (Å²) in [5, 5.41) is 10.5. The molecule has 0 spiro atoms. The van der Waals surface area contributed by atoms with Crippen LogP contribution < -0.4 is 5.32 Å². The number of aromatic amines is 1. The van der Waals surface area contributed by atoms with Crippen LogP contribution in [0, 0.1) is 0 Å². The van der Waals surface area contributed by atoms with Gasteiger partial charge in [0.15, 0.2) is 0 Å². The number of halogens is 1. The topological polar surface area (TPSA) is 57.8 Å². The molecule has 3 aromatic rings. The molecule has 3 rings (SSSR count). The second-order valence-electron chi connectivity index (χ2n) is 5.27. The van der Waals surface area contributed by atoms with Crippen LogP contribution in [0.3, 0.4) is 0 Å². The van der Waals surface area contributed by atoms with Crippen molar-refractivity contribution in [2.45, 2.75) is 13.0 Å². The normalized spacial score (nSPS) is 11.9. The van der Waals surface area contributed by atoms with Crippen LogP contribution in [-0.4, -0.2) is 16.1 Å². The summed E-state index contributed by atoms with van der Waals surface area (Å²) >= 11 is 6.02. The van der Waals surface area contributed by atoms with Crippen LogP contribution in [0.25, 0.3) is 11.3 Å². The second kappa shape index (κ2) is 6.67. The number of rotatable bonds is 4. The molecular weight excluding hydrogens is 310 g/mol. The molecule has 2 aromatic carbocycles. The zero-order chi connectivity index (χ0) is 16.2. The lowest BCUT2D eigenvalue weighted by molar-refractivity contribution is 0.0940. The minimum atomic E-state index is -0.176. The molecule has 0 bridgehead atoms. The van der Waals surface area contributed by atoms with Crippen LogP contribution in [0.15, 0.2) is 60.8 Å². The Hall–Kier alpha value is -2.59. The number of H-pyrrole nitrogens is 1. The summed E-state index contributed by atoms with van der Waals surface area (Å²) in [5.74, 6) is -0.176. The van der Waals surface area contributed by atoms with E-state index in [-0.39, 0.29) is 11.9 Å². The van der Waals surface area contributed by atoms with E-state index < -0.39 is 0 Å². The van der Waals surface area contributed by atoms with Gasteiger partial charge in [-0.15, -0.1) is 0 Å². The fourth-order valence-corrected chi connectivity index (χ4v) is 2.61. The van der Waals surface area contributed by atoms with Gasteiger partial charge in [0.1, 0.15) is 0 Å². The van der Waals surface area contributed by atoms with E-state index in [9.17, 15) is 4.79 Å². The lowest BCUT2D eigenvalue weighted by Crippen LogP contribution is -2.26. The number of carbonyl (C=O) groups is 1. The van der Waals surface area contributed by atoms with Crippen LogP contribution in [0.1, 0.15) is 28.9 Å². The molecule has 0 unspecified atom stereocenters. The molecule has 0 radical (unpaired) electrons. The van der Waals surface area contributed by atoms with Crippen molar-refractivity contribution in [2.24, 2.45) is 0 Å². The zero-order valence-corrected chi connectivity index (χ0v) is 13.3. The summed E-state index contributed by atoms with van der Waals surface area (Å²) in [5.41, 5.74) is 3.03. The van der Waals surface area contributed by atoms with Crippen LogP contribution in [0.2, 0.25) is 5.02 Å². The van der Waals surface area contributed by atoms with Crippen molar-refractivity contribution < 1.29 is 4.79 Å². The molecule has 116 valence electrons. The van der Waals surface area contributed by atoms with E-state index in [0.29, 0.717) is 16.3 Å². The van der Waals surface area contributed by atoms with E-state index >= 15 is 0 Å².